The lowest BCUT2D eigenvalue weighted by Crippen LogP contribution is -2.27. The first-order valence-corrected chi connectivity index (χ1v) is 8.69. The number of benzene rings is 2. The van der Waals surface area contributed by atoms with Gasteiger partial charge in [0.1, 0.15) is 0 Å². The monoisotopic (exact) mass is 349 g/mol. The van der Waals surface area contributed by atoms with Crippen LogP contribution in [0.15, 0.2) is 59.4 Å². The molecule has 0 aliphatic carbocycles. The first-order chi connectivity index (χ1) is 12.7. The number of hydrogen-bond donors (Lipinski definition) is 0. The molecule has 0 atom stereocenters. The van der Waals surface area contributed by atoms with Crippen molar-refractivity contribution in [3.05, 3.63) is 76.2 Å². The fraction of sp³-hybridized carbons (Fsp3) is 0.263. The molecule has 1 aliphatic heterocycles. The summed E-state index contributed by atoms with van der Waals surface area (Å²) in [6.07, 6.45) is 2.15. The number of likely N-dealkylation sites (tertiary alicyclic amines) is 1. The molecular weight excluding hydrogens is 330 g/mol. The zero-order chi connectivity index (χ0) is 17.9. The van der Waals surface area contributed by atoms with Crippen molar-refractivity contribution in [1.29, 1.82) is 0 Å². The van der Waals surface area contributed by atoms with Crippen LogP contribution in [0.3, 0.4) is 0 Å². The predicted octanol–water partition coefficient (Wildman–Crippen LogP) is 1.71. The summed E-state index contributed by atoms with van der Waals surface area (Å²) in [5.41, 5.74) is 1.95. The maximum absolute atomic E-state index is 12.5. The molecule has 1 aliphatic rings. The fourth-order valence-corrected chi connectivity index (χ4v) is 3.13. The number of nitrogens with zero attached hydrogens (tertiary/aromatic N) is 5. The van der Waals surface area contributed by atoms with Crippen LogP contribution < -0.4 is 5.69 Å². The molecule has 4 rings (SSSR count). The van der Waals surface area contributed by atoms with Crippen LogP contribution in [0.2, 0.25) is 0 Å². The van der Waals surface area contributed by atoms with E-state index in [2.05, 4.69) is 10.4 Å². The van der Waals surface area contributed by atoms with Crippen LogP contribution in [0.25, 0.3) is 5.69 Å². The lowest BCUT2D eigenvalue weighted by Gasteiger charge is -2.15. The highest BCUT2D eigenvalue weighted by Crippen LogP contribution is 2.14. The van der Waals surface area contributed by atoms with E-state index in [0.717, 1.165) is 31.5 Å². The Morgan fingerprint density at radius 3 is 2.31 bits per heavy atom. The van der Waals surface area contributed by atoms with Crippen LogP contribution in [0.4, 0.5) is 0 Å². The summed E-state index contributed by atoms with van der Waals surface area (Å²) in [5, 5.41) is 7.89. The second-order valence-electron chi connectivity index (χ2n) is 6.36. The van der Waals surface area contributed by atoms with Gasteiger partial charge in [0.2, 0.25) is 0 Å². The van der Waals surface area contributed by atoms with Crippen LogP contribution in [0, 0.1) is 0 Å². The topological polar surface area (TPSA) is 73.0 Å². The van der Waals surface area contributed by atoms with E-state index in [9.17, 15) is 9.59 Å². The maximum atomic E-state index is 12.5. The molecule has 0 unspecified atom stereocenters. The third kappa shape index (κ3) is 3.15. The van der Waals surface area contributed by atoms with Crippen LogP contribution in [-0.4, -0.2) is 43.7 Å². The highest BCUT2D eigenvalue weighted by atomic mass is 16.2. The Morgan fingerprint density at radius 1 is 0.923 bits per heavy atom. The molecule has 1 saturated heterocycles. The summed E-state index contributed by atoms with van der Waals surface area (Å²) in [4.78, 5) is 26.7. The molecule has 3 aromatic rings. The summed E-state index contributed by atoms with van der Waals surface area (Å²) in [6.45, 7) is 1.97. The Morgan fingerprint density at radius 2 is 1.62 bits per heavy atom. The molecule has 26 heavy (non-hydrogen) atoms. The van der Waals surface area contributed by atoms with Gasteiger partial charge in [0, 0.05) is 18.7 Å². The second kappa shape index (κ2) is 6.95. The quantitative estimate of drug-likeness (QED) is 0.719. The van der Waals surface area contributed by atoms with E-state index in [1.54, 1.807) is 12.1 Å². The largest absolute Gasteiger partial charge is 0.368 e. The van der Waals surface area contributed by atoms with Crippen molar-refractivity contribution in [3.63, 3.8) is 0 Å². The Labute approximate surface area is 150 Å². The maximum Gasteiger partial charge on any atom is 0.368 e. The molecule has 0 bridgehead atoms. The van der Waals surface area contributed by atoms with Crippen molar-refractivity contribution < 1.29 is 4.79 Å². The van der Waals surface area contributed by atoms with Gasteiger partial charge < -0.3 is 4.90 Å². The van der Waals surface area contributed by atoms with E-state index in [1.165, 1.54) is 9.36 Å². The van der Waals surface area contributed by atoms with Crippen LogP contribution in [0.5, 0.6) is 0 Å². The molecule has 7 nitrogen and oxygen atoms in total. The van der Waals surface area contributed by atoms with E-state index in [-0.39, 0.29) is 11.6 Å². The van der Waals surface area contributed by atoms with Crippen molar-refractivity contribution in [2.75, 3.05) is 13.1 Å². The average Bonchev–Trinajstić information content (AvgIpc) is 3.34. The van der Waals surface area contributed by atoms with E-state index in [0.29, 0.717) is 17.8 Å². The SMILES string of the molecule is O=C(c1ccc(Cn2nnn(-c3ccccc3)c2=O)cc1)N1CCCC1. The Balaban J connectivity index is 1.50. The summed E-state index contributed by atoms with van der Waals surface area (Å²) >= 11 is 0. The number of aromatic nitrogens is 4. The summed E-state index contributed by atoms with van der Waals surface area (Å²) in [5.74, 6) is 0.0706. The lowest BCUT2D eigenvalue weighted by atomic mass is 10.1. The highest BCUT2D eigenvalue weighted by molar-refractivity contribution is 5.94. The van der Waals surface area contributed by atoms with Crippen molar-refractivity contribution in [2.45, 2.75) is 19.4 Å². The number of tetrazole rings is 1. The fourth-order valence-electron chi connectivity index (χ4n) is 3.13. The van der Waals surface area contributed by atoms with Gasteiger partial charge in [-0.2, -0.15) is 9.36 Å². The highest BCUT2D eigenvalue weighted by Gasteiger charge is 2.19. The molecule has 1 amide bonds. The minimum Gasteiger partial charge on any atom is -0.339 e. The molecule has 2 heterocycles. The summed E-state index contributed by atoms with van der Waals surface area (Å²) < 4.78 is 2.58. The standard InChI is InChI=1S/C19H19N5O2/c25-18(22-12-4-5-13-22)16-10-8-15(9-11-16)14-23-19(26)24(21-20-23)17-6-2-1-3-7-17/h1-3,6-11H,4-5,12-14H2. The first kappa shape index (κ1) is 16.3. The predicted molar refractivity (Wildman–Crippen MR) is 96.3 cm³/mol. The Kier molecular flexibility index (Phi) is 4.35. The third-order valence-corrected chi connectivity index (χ3v) is 4.57. The number of rotatable bonds is 4. The summed E-state index contributed by atoms with van der Waals surface area (Å²) in [6, 6.07) is 16.5. The molecule has 1 fully saturated rings. The third-order valence-electron chi connectivity index (χ3n) is 4.57. The lowest BCUT2D eigenvalue weighted by molar-refractivity contribution is 0.0793. The van der Waals surface area contributed by atoms with Gasteiger partial charge in [-0.25, -0.2) is 4.79 Å². The Hall–Kier alpha value is -3.22. The first-order valence-electron chi connectivity index (χ1n) is 8.69. The number of para-hydroxylation sites is 1. The van der Waals surface area contributed by atoms with Gasteiger partial charge >= 0.3 is 5.69 Å². The van der Waals surface area contributed by atoms with Crippen LogP contribution in [0.1, 0.15) is 28.8 Å². The molecule has 7 heteroatoms. The van der Waals surface area contributed by atoms with Gasteiger partial charge in [-0.05, 0) is 53.1 Å². The van der Waals surface area contributed by atoms with Gasteiger partial charge in [-0.15, -0.1) is 0 Å². The van der Waals surface area contributed by atoms with Crippen molar-refractivity contribution in [1.82, 2.24) is 24.7 Å². The van der Waals surface area contributed by atoms with E-state index < -0.39 is 0 Å². The van der Waals surface area contributed by atoms with E-state index >= 15 is 0 Å². The van der Waals surface area contributed by atoms with E-state index in [4.69, 9.17) is 0 Å². The second-order valence-corrected chi connectivity index (χ2v) is 6.36. The van der Waals surface area contributed by atoms with Gasteiger partial charge in [0.25, 0.3) is 5.91 Å². The van der Waals surface area contributed by atoms with Crippen LogP contribution in [-0.2, 0) is 6.54 Å². The average molecular weight is 349 g/mol. The molecule has 0 saturated carbocycles. The number of carbonyl (C=O) groups is 1. The molecule has 2 aromatic carbocycles. The molecule has 0 radical (unpaired) electrons. The molecule has 0 spiro atoms. The number of hydrogen-bond acceptors (Lipinski definition) is 4. The minimum atomic E-state index is -0.298. The number of amides is 1. The van der Waals surface area contributed by atoms with Crippen molar-refractivity contribution in [2.24, 2.45) is 0 Å². The minimum absolute atomic E-state index is 0.0706. The number of carbonyl (C=O) groups excluding carboxylic acids is 1. The zero-order valence-electron chi connectivity index (χ0n) is 14.3. The van der Waals surface area contributed by atoms with Gasteiger partial charge in [-0.1, -0.05) is 30.3 Å². The van der Waals surface area contributed by atoms with Gasteiger partial charge in [0.05, 0.1) is 12.2 Å². The summed E-state index contributed by atoms with van der Waals surface area (Å²) in [7, 11) is 0. The van der Waals surface area contributed by atoms with Crippen molar-refractivity contribution in [3.8, 4) is 5.69 Å². The molecule has 0 N–H and O–H groups in total. The Bertz CT molecular complexity index is 954. The molecular formula is C19H19N5O2. The van der Waals surface area contributed by atoms with Crippen molar-refractivity contribution >= 4 is 5.91 Å². The molecule has 1 aromatic heterocycles. The molecule has 132 valence electrons. The zero-order valence-corrected chi connectivity index (χ0v) is 14.3. The van der Waals surface area contributed by atoms with E-state index in [1.807, 2.05) is 47.4 Å². The normalized spacial score (nSPS) is 13.9. The van der Waals surface area contributed by atoms with Gasteiger partial charge in [-0.3, -0.25) is 4.79 Å². The van der Waals surface area contributed by atoms with Crippen LogP contribution >= 0.6 is 0 Å². The smallest absolute Gasteiger partial charge is 0.339 e. The van der Waals surface area contributed by atoms with Gasteiger partial charge in [0.15, 0.2) is 0 Å².